The molecule has 0 bridgehead atoms. The van der Waals surface area contributed by atoms with Crippen molar-refractivity contribution < 1.29 is 9.52 Å². The molecule has 1 N–H and O–H groups in total. The van der Waals surface area contributed by atoms with E-state index in [1.165, 1.54) is 6.07 Å². The first-order chi connectivity index (χ1) is 6.27. The van der Waals surface area contributed by atoms with E-state index in [4.69, 9.17) is 16.0 Å². The first-order valence-corrected chi connectivity index (χ1v) is 4.17. The molecular weight excluding hydrogens is 188 g/mol. The van der Waals surface area contributed by atoms with E-state index in [9.17, 15) is 5.11 Å². The lowest BCUT2D eigenvalue weighted by Gasteiger charge is -2.00. The Morgan fingerprint density at radius 3 is 2.69 bits per heavy atom. The molecule has 1 aromatic carbocycles. The molecule has 0 unspecified atom stereocenters. The fourth-order valence-corrected chi connectivity index (χ4v) is 1.31. The number of phenolic OH excluding ortho intramolecular Hbond substituents is 1. The fourth-order valence-electron chi connectivity index (χ4n) is 1.14. The van der Waals surface area contributed by atoms with Crippen LogP contribution in [0.25, 0.3) is 11.3 Å². The Balaban J connectivity index is 2.53. The Kier molecular flexibility index (Phi) is 1.99. The maximum atomic E-state index is 9.52. The average molecular weight is 195 g/mol. The smallest absolute Gasteiger partial charge is 0.137 e. The average Bonchev–Trinajstić information content (AvgIpc) is 2.56. The second kappa shape index (κ2) is 3.15. The molecule has 0 fully saturated rings. The van der Waals surface area contributed by atoms with Crippen molar-refractivity contribution in [2.75, 3.05) is 0 Å². The largest absolute Gasteiger partial charge is 0.507 e. The topological polar surface area (TPSA) is 33.4 Å². The molecule has 0 amide bonds. The number of halogens is 1. The Bertz CT molecular complexity index is 407. The molecule has 1 heterocycles. The van der Waals surface area contributed by atoms with Crippen LogP contribution in [0.3, 0.4) is 0 Å². The molecule has 0 aliphatic rings. The van der Waals surface area contributed by atoms with Gasteiger partial charge in [-0.15, -0.1) is 0 Å². The Morgan fingerprint density at radius 1 is 1.23 bits per heavy atom. The predicted octanol–water partition coefficient (Wildman–Crippen LogP) is 3.31. The van der Waals surface area contributed by atoms with Crippen LogP contribution < -0.4 is 0 Å². The summed E-state index contributed by atoms with van der Waals surface area (Å²) in [7, 11) is 0. The number of benzene rings is 1. The van der Waals surface area contributed by atoms with Crippen molar-refractivity contribution in [2.24, 2.45) is 0 Å². The van der Waals surface area contributed by atoms with Gasteiger partial charge in [-0.05, 0) is 30.3 Å². The molecule has 3 heteroatoms. The normalized spacial score (nSPS) is 10.2. The number of furan rings is 1. The minimum atomic E-state index is 0.127. The summed E-state index contributed by atoms with van der Waals surface area (Å²) in [6.07, 6.45) is 1.56. The highest BCUT2D eigenvalue weighted by Gasteiger charge is 2.06. The lowest BCUT2D eigenvalue weighted by Crippen LogP contribution is -1.75. The zero-order valence-electron chi connectivity index (χ0n) is 6.70. The SMILES string of the molecule is Oc1cc(Cl)ccc1-c1ccco1. The van der Waals surface area contributed by atoms with Crippen molar-refractivity contribution in [1.29, 1.82) is 0 Å². The molecule has 0 spiro atoms. The molecule has 2 nitrogen and oxygen atoms in total. The fraction of sp³-hybridized carbons (Fsp3) is 0. The van der Waals surface area contributed by atoms with Crippen LogP contribution in [0.15, 0.2) is 41.0 Å². The van der Waals surface area contributed by atoms with Gasteiger partial charge in [0.25, 0.3) is 0 Å². The van der Waals surface area contributed by atoms with Crippen LogP contribution in [0, 0.1) is 0 Å². The molecule has 2 aromatic rings. The van der Waals surface area contributed by atoms with Crippen molar-refractivity contribution in [3.8, 4) is 17.1 Å². The zero-order chi connectivity index (χ0) is 9.26. The second-order valence-corrected chi connectivity index (χ2v) is 3.08. The highest BCUT2D eigenvalue weighted by Crippen LogP contribution is 2.31. The summed E-state index contributed by atoms with van der Waals surface area (Å²) < 4.78 is 5.14. The number of hydrogen-bond donors (Lipinski definition) is 1. The Morgan fingerprint density at radius 2 is 2.08 bits per heavy atom. The van der Waals surface area contributed by atoms with Gasteiger partial charge in [0, 0.05) is 5.02 Å². The summed E-state index contributed by atoms with van der Waals surface area (Å²) in [5.74, 6) is 0.761. The molecule has 0 radical (unpaired) electrons. The molecule has 13 heavy (non-hydrogen) atoms. The summed E-state index contributed by atoms with van der Waals surface area (Å²) in [4.78, 5) is 0. The Labute approximate surface area is 80.4 Å². The van der Waals surface area contributed by atoms with Gasteiger partial charge in [-0.3, -0.25) is 0 Å². The van der Waals surface area contributed by atoms with Crippen molar-refractivity contribution in [1.82, 2.24) is 0 Å². The second-order valence-electron chi connectivity index (χ2n) is 2.64. The maximum absolute atomic E-state index is 9.52. The molecule has 0 atom stereocenters. The summed E-state index contributed by atoms with van der Waals surface area (Å²) in [6.45, 7) is 0. The molecule has 2 rings (SSSR count). The van der Waals surface area contributed by atoms with Crippen LogP contribution in [0.1, 0.15) is 0 Å². The number of aromatic hydroxyl groups is 1. The van der Waals surface area contributed by atoms with Crippen molar-refractivity contribution >= 4 is 11.6 Å². The van der Waals surface area contributed by atoms with Crippen molar-refractivity contribution in [3.05, 3.63) is 41.6 Å². The zero-order valence-corrected chi connectivity index (χ0v) is 7.45. The van der Waals surface area contributed by atoms with Crippen molar-refractivity contribution in [2.45, 2.75) is 0 Å². The van der Waals surface area contributed by atoms with E-state index in [1.54, 1.807) is 30.5 Å². The van der Waals surface area contributed by atoms with E-state index in [0.717, 1.165) is 0 Å². The number of hydrogen-bond acceptors (Lipinski definition) is 2. The van der Waals surface area contributed by atoms with Gasteiger partial charge in [-0.2, -0.15) is 0 Å². The lowest BCUT2D eigenvalue weighted by atomic mass is 10.1. The maximum Gasteiger partial charge on any atom is 0.137 e. The van der Waals surface area contributed by atoms with Gasteiger partial charge >= 0.3 is 0 Å². The van der Waals surface area contributed by atoms with E-state index in [2.05, 4.69) is 0 Å². The van der Waals surface area contributed by atoms with E-state index in [-0.39, 0.29) is 5.75 Å². The van der Waals surface area contributed by atoms with Crippen LogP contribution in [-0.4, -0.2) is 5.11 Å². The van der Waals surface area contributed by atoms with Crippen LogP contribution in [0.4, 0.5) is 0 Å². The van der Waals surface area contributed by atoms with Gasteiger partial charge < -0.3 is 9.52 Å². The third kappa shape index (κ3) is 1.53. The quantitative estimate of drug-likeness (QED) is 0.756. The molecule has 0 aliphatic carbocycles. The Hall–Kier alpha value is -1.41. The monoisotopic (exact) mass is 194 g/mol. The highest BCUT2D eigenvalue weighted by molar-refractivity contribution is 6.30. The molecule has 1 aromatic heterocycles. The van der Waals surface area contributed by atoms with Crippen LogP contribution in [0.5, 0.6) is 5.75 Å². The minimum Gasteiger partial charge on any atom is -0.507 e. The van der Waals surface area contributed by atoms with Crippen LogP contribution in [-0.2, 0) is 0 Å². The van der Waals surface area contributed by atoms with E-state index >= 15 is 0 Å². The molecule has 0 aliphatic heterocycles. The highest BCUT2D eigenvalue weighted by atomic mass is 35.5. The summed E-state index contributed by atoms with van der Waals surface area (Å²) in [6, 6.07) is 8.46. The lowest BCUT2D eigenvalue weighted by molar-refractivity contribution is 0.473. The first-order valence-electron chi connectivity index (χ1n) is 3.80. The third-order valence-electron chi connectivity index (χ3n) is 1.75. The number of rotatable bonds is 1. The van der Waals surface area contributed by atoms with Gasteiger partial charge in [0.1, 0.15) is 11.5 Å². The van der Waals surface area contributed by atoms with Gasteiger partial charge in [0.15, 0.2) is 0 Å². The summed E-state index contributed by atoms with van der Waals surface area (Å²) in [5.41, 5.74) is 0.648. The van der Waals surface area contributed by atoms with Gasteiger partial charge in [-0.25, -0.2) is 0 Å². The minimum absolute atomic E-state index is 0.127. The van der Waals surface area contributed by atoms with Gasteiger partial charge in [-0.1, -0.05) is 11.6 Å². The van der Waals surface area contributed by atoms with E-state index in [1.807, 2.05) is 0 Å². The predicted molar refractivity (Wildman–Crippen MR) is 50.8 cm³/mol. The van der Waals surface area contributed by atoms with Gasteiger partial charge in [0.05, 0.1) is 11.8 Å². The van der Waals surface area contributed by atoms with Crippen molar-refractivity contribution in [3.63, 3.8) is 0 Å². The van der Waals surface area contributed by atoms with Crippen LogP contribution >= 0.6 is 11.6 Å². The van der Waals surface area contributed by atoms with E-state index < -0.39 is 0 Å². The number of phenols is 1. The molecular formula is C10H7ClO2. The summed E-state index contributed by atoms with van der Waals surface area (Å²) in [5, 5.41) is 10.0. The summed E-state index contributed by atoms with van der Waals surface area (Å²) >= 11 is 5.69. The van der Waals surface area contributed by atoms with Crippen LogP contribution in [0.2, 0.25) is 5.02 Å². The third-order valence-corrected chi connectivity index (χ3v) is 1.98. The first kappa shape index (κ1) is 8.20. The molecule has 0 saturated heterocycles. The van der Waals surface area contributed by atoms with E-state index in [0.29, 0.717) is 16.3 Å². The molecule has 66 valence electrons. The molecule has 0 saturated carbocycles. The van der Waals surface area contributed by atoms with Gasteiger partial charge in [0.2, 0.25) is 0 Å². The standard InChI is InChI=1S/C10H7ClO2/c11-7-3-4-8(9(12)6-7)10-2-1-5-13-10/h1-6,12H.